The predicted molar refractivity (Wildman–Crippen MR) is 409 cm³/mol. The Bertz CT molecular complexity index is 3150. The van der Waals surface area contributed by atoms with Gasteiger partial charge in [-0.25, -0.2) is 19.2 Å². The van der Waals surface area contributed by atoms with Gasteiger partial charge in [0.1, 0.15) is 42.1 Å². The highest BCUT2D eigenvalue weighted by Crippen LogP contribution is 2.20. The molecule has 23 nitrogen and oxygen atoms in total. The fourth-order valence-corrected chi connectivity index (χ4v) is 8.78. The number of carbonyl (C=O) groups is 10. The number of hydrogen-bond donors (Lipinski definition) is 7. The average molecular weight is 1420 g/mol. The van der Waals surface area contributed by atoms with E-state index < -0.39 is 82.9 Å². The van der Waals surface area contributed by atoms with E-state index >= 15 is 0 Å². The summed E-state index contributed by atoms with van der Waals surface area (Å²) in [6.45, 7) is 19.4. The molecule has 12 radical (unpaired) electrons. The first kappa shape index (κ1) is 96.2. The number of ether oxygens (including phenoxy) is 6. The number of phenols is 1. The Labute approximate surface area is 621 Å². The third kappa shape index (κ3) is 46.6. The molecule has 2 aliphatic rings. The number of epoxide rings is 2. The molecule has 6 aromatic rings. The molecule has 6 amide bonds. The van der Waals surface area contributed by atoms with Crippen molar-refractivity contribution >= 4 is 106 Å². The Morgan fingerprint density at radius 1 is 0.337 bits per heavy atom. The maximum Gasteiger partial charge on any atom is 0.328 e. The van der Waals surface area contributed by atoms with Crippen LogP contribution in [-0.2, 0) is 86.1 Å². The molecule has 0 aromatic heterocycles. The lowest BCUT2D eigenvalue weighted by Crippen LogP contribution is -2.42. The van der Waals surface area contributed by atoms with Crippen molar-refractivity contribution in [3.05, 3.63) is 209 Å². The minimum Gasteiger partial charge on any atom is -0.508 e. The molecule has 0 saturated carbocycles. The summed E-state index contributed by atoms with van der Waals surface area (Å²) in [5, 5.41) is 23.9. The molecular weight excluding hydrogens is 1320 g/mol. The molecule has 2 saturated heterocycles. The summed E-state index contributed by atoms with van der Waals surface area (Å²) in [5.74, 6) is -5.99. The second kappa shape index (κ2) is 58.6. The predicted octanol–water partition coefficient (Wildman–Crippen LogP) is 8.46. The average Bonchev–Trinajstić information content (AvgIpc) is 1.72. The summed E-state index contributed by atoms with van der Waals surface area (Å²) >= 11 is 0. The van der Waals surface area contributed by atoms with Crippen molar-refractivity contribution in [1.82, 2.24) is 31.9 Å². The molecule has 0 bridgehead atoms. The van der Waals surface area contributed by atoms with Gasteiger partial charge in [-0.15, -0.1) is 0 Å². The number of hydrogen-bond acceptors (Lipinski definition) is 17. The zero-order valence-corrected chi connectivity index (χ0v) is 61.9. The van der Waals surface area contributed by atoms with Crippen LogP contribution in [0.4, 0.5) is 28.8 Å². The fraction of sp³-hybridized carbons (Fsp3) is 0.387. The van der Waals surface area contributed by atoms with E-state index in [2.05, 4.69) is 50.8 Å². The molecule has 2 fully saturated rings. The molecule has 2 aliphatic heterocycles. The zero-order valence-electron chi connectivity index (χ0n) is 61.9. The second-order valence-corrected chi connectivity index (χ2v) is 21.1. The van der Waals surface area contributed by atoms with E-state index in [1.807, 2.05) is 208 Å². The minimum atomic E-state index is -0.831. The number of aryl methyl sites for hydroxylation is 1. The number of nitrogens with one attached hydrogen (secondary N) is 6. The lowest BCUT2D eigenvalue weighted by molar-refractivity contribution is -0.143. The van der Waals surface area contributed by atoms with Crippen LogP contribution in [0.1, 0.15) is 94.3 Å². The maximum absolute atomic E-state index is 11.4. The van der Waals surface area contributed by atoms with Crippen molar-refractivity contribution in [3.8, 4) is 5.75 Å². The van der Waals surface area contributed by atoms with Gasteiger partial charge in [-0.1, -0.05) is 219 Å². The highest BCUT2D eigenvalue weighted by molar-refractivity contribution is 6.58. The number of carbonyl (C=O) groups excluding carboxylic acids is 10. The molecule has 548 valence electrons. The van der Waals surface area contributed by atoms with Crippen LogP contribution in [0.3, 0.4) is 0 Å². The number of methoxy groups -OCH3 is 4. The molecule has 8 atom stereocenters. The summed E-state index contributed by atoms with van der Waals surface area (Å²) in [4.78, 5) is 110. The van der Waals surface area contributed by atoms with Gasteiger partial charge < -0.3 is 65.4 Å². The van der Waals surface area contributed by atoms with Crippen molar-refractivity contribution in [2.24, 2.45) is 0 Å². The van der Waals surface area contributed by atoms with Gasteiger partial charge in [-0.3, -0.25) is 28.8 Å². The summed E-state index contributed by atoms with van der Waals surface area (Å²) in [7, 11) is 35.2. The third-order valence-electron chi connectivity index (χ3n) is 13.6. The lowest BCUT2D eigenvalue weighted by Gasteiger charge is -2.15. The van der Waals surface area contributed by atoms with Crippen LogP contribution in [0.25, 0.3) is 0 Å². The summed E-state index contributed by atoms with van der Waals surface area (Å²) in [6, 6.07) is 49.4. The van der Waals surface area contributed by atoms with Crippen LogP contribution in [0, 0.1) is 6.92 Å². The minimum absolute atomic E-state index is 0.00935. The van der Waals surface area contributed by atoms with E-state index in [9.17, 15) is 47.9 Å². The van der Waals surface area contributed by atoms with Crippen molar-refractivity contribution in [1.29, 1.82) is 0 Å². The van der Waals surface area contributed by atoms with E-state index in [-0.39, 0.29) is 36.5 Å². The molecule has 2 heterocycles. The van der Waals surface area contributed by atoms with Crippen LogP contribution < -0.4 is 31.9 Å². The normalized spacial score (nSPS) is 13.5. The van der Waals surface area contributed by atoms with Crippen molar-refractivity contribution in [2.75, 3.05) is 41.7 Å². The van der Waals surface area contributed by atoms with Gasteiger partial charge >= 0.3 is 23.9 Å². The Hall–Kier alpha value is -9.87. The maximum atomic E-state index is 11.4. The van der Waals surface area contributed by atoms with Gasteiger partial charge in [0, 0.05) is 25.7 Å². The zero-order chi connectivity index (χ0) is 79.0. The van der Waals surface area contributed by atoms with Gasteiger partial charge in [0.25, 0.3) is 0 Å². The van der Waals surface area contributed by atoms with E-state index in [0.29, 0.717) is 32.5 Å². The fourth-order valence-electron chi connectivity index (χ4n) is 8.78. The molecular formula is C75H98B6N6O17. The summed E-state index contributed by atoms with van der Waals surface area (Å²) in [6.07, 6.45) is 3.08. The molecule has 0 spiro atoms. The van der Waals surface area contributed by atoms with Crippen molar-refractivity contribution in [3.63, 3.8) is 0 Å². The largest absolute Gasteiger partial charge is 0.508 e. The SMILES string of the molecule is CC.CC.CC.CC.[B]C(=O)NC(Cc1ccc(C)cc1)C(=O)OC.[B]C(=O)NC(Cc1ccc(O)cc1)C(=O)OC.[B]C(=O)NC(Cc1ccccc1)C(=O)OC.[B]C(=O)NC(Cc1ccccc1)C(=O)OC.[B]C(=O)NC(Cc1ccccc1)[C@H]1CO1.[B]C(=O)NC(Cc1ccccc1)[C@H]1CO1. The monoisotopic (exact) mass is 1420 g/mol. The lowest BCUT2D eigenvalue weighted by atomic mass is 10.0. The van der Waals surface area contributed by atoms with Crippen LogP contribution in [0.15, 0.2) is 170 Å². The molecule has 104 heavy (non-hydrogen) atoms. The van der Waals surface area contributed by atoms with Crippen molar-refractivity contribution in [2.45, 2.75) is 149 Å². The quantitative estimate of drug-likeness (QED) is 0.0129. The third-order valence-corrected chi connectivity index (χ3v) is 13.6. The van der Waals surface area contributed by atoms with Crippen LogP contribution in [0.5, 0.6) is 5.75 Å². The highest BCUT2D eigenvalue weighted by atomic mass is 16.6. The number of benzene rings is 6. The summed E-state index contributed by atoms with van der Waals surface area (Å²) in [5.41, 5.74) is 7.02. The second-order valence-electron chi connectivity index (χ2n) is 21.1. The number of amides is 6. The van der Waals surface area contributed by atoms with E-state index in [4.69, 9.17) is 61.7 Å². The smallest absolute Gasteiger partial charge is 0.328 e. The first-order valence-electron chi connectivity index (χ1n) is 33.7. The first-order chi connectivity index (χ1) is 49.8. The van der Waals surface area contributed by atoms with Gasteiger partial charge in [0.05, 0.1) is 53.7 Å². The van der Waals surface area contributed by atoms with Gasteiger partial charge in [0.2, 0.25) is 47.1 Å². The Morgan fingerprint density at radius 3 is 0.721 bits per heavy atom. The molecule has 0 aliphatic carbocycles. The Morgan fingerprint density at radius 2 is 0.529 bits per heavy atom. The number of rotatable bonds is 24. The van der Waals surface area contributed by atoms with Crippen LogP contribution >= 0.6 is 0 Å². The number of aromatic hydroxyl groups is 1. The first-order valence-corrected chi connectivity index (χ1v) is 33.7. The standard InChI is InChI=1S/C12H14BNO3.C11H12BNO4.2C11H12BNO3.2C11H12BNO2.4C2H6/c1-8-3-5-9(6-4-8)7-10(11(15)17-2)14-12(13)16;1-17-10(15)9(13-11(12)16)6-7-2-4-8(14)5-3-7;2*1-16-10(14)9(13-11(12)15)7-8-5-3-2-4-6-8;2*12-11(14)13-9(10-7-15-10)6-8-4-2-1-3-5-8;4*1-2/h3-6,10H,7H2,1-2H3,(H,14,16);2-5,9,14H,6H2,1H3,(H,13,16);2*2-6,9H,7H2,1H3,(H,13,15);2*1-5,9-10H,6-7H2,(H,13,14);4*1-2H3/t;;;;2*9?,10-;;;;/m....11..../s1. The topological polar surface area (TPSA) is 325 Å². The molecule has 6 aromatic carbocycles. The van der Waals surface area contributed by atoms with Gasteiger partial charge in [-0.2, -0.15) is 0 Å². The van der Waals surface area contributed by atoms with E-state index in [1.54, 1.807) is 12.1 Å². The van der Waals surface area contributed by atoms with E-state index in [0.717, 1.165) is 40.7 Å². The van der Waals surface area contributed by atoms with Crippen LogP contribution in [0.2, 0.25) is 0 Å². The number of esters is 4. The van der Waals surface area contributed by atoms with Gasteiger partial charge in [-0.05, 0) is 65.3 Å². The Balaban J connectivity index is 0. The highest BCUT2D eigenvalue weighted by Gasteiger charge is 2.34. The van der Waals surface area contributed by atoms with E-state index in [1.165, 1.54) is 51.7 Å². The molecule has 8 rings (SSSR count). The summed E-state index contributed by atoms with van der Waals surface area (Å²) < 4.78 is 28.6. The molecule has 7 N–H and O–H groups in total. The van der Waals surface area contributed by atoms with Crippen molar-refractivity contribution < 1.29 is 81.5 Å². The molecule has 6 unspecified atom stereocenters. The molecule has 29 heteroatoms. The Kier molecular flexibility index (Phi) is 54.2. The van der Waals surface area contributed by atoms with Crippen LogP contribution in [-0.4, -0.2) is 201 Å². The number of phenolic OH excluding ortho intramolecular Hbond substituents is 1. The van der Waals surface area contributed by atoms with Gasteiger partial charge in [0.15, 0.2) is 34.8 Å².